The number of para-hydroxylation sites is 1. The Morgan fingerprint density at radius 3 is 2.45 bits per heavy atom. The van der Waals surface area contributed by atoms with E-state index in [1.165, 1.54) is 0 Å². The molecule has 0 unspecified atom stereocenters. The maximum atomic E-state index is 11.0. The van der Waals surface area contributed by atoms with Crippen molar-refractivity contribution in [2.24, 2.45) is 5.73 Å². The van der Waals surface area contributed by atoms with E-state index in [2.05, 4.69) is 15.6 Å². The van der Waals surface area contributed by atoms with E-state index in [0.717, 1.165) is 30.9 Å². The molecule has 5 nitrogen and oxygen atoms in total. The zero-order valence-electron chi connectivity index (χ0n) is 11.2. The quantitative estimate of drug-likeness (QED) is 0.673. The fraction of sp³-hybridized carbons (Fsp3) is 0.200. The first kappa shape index (κ1) is 13.9. The predicted octanol–water partition coefficient (Wildman–Crippen LogP) is 2.09. The molecule has 2 rings (SSSR count). The lowest BCUT2D eigenvalue weighted by molar-refractivity contribution is 0.0995. The molecule has 0 radical (unpaired) electrons. The Hall–Kier alpha value is -2.56. The summed E-state index contributed by atoms with van der Waals surface area (Å²) in [6.45, 7) is 1.69. The fourth-order valence-corrected chi connectivity index (χ4v) is 1.79. The highest BCUT2D eigenvalue weighted by atomic mass is 16.1. The van der Waals surface area contributed by atoms with Crippen LogP contribution in [0.2, 0.25) is 0 Å². The number of carbonyl (C=O) groups excluding carboxylic acids is 1. The number of pyridine rings is 1. The number of nitrogens with zero attached hydrogens (tertiary/aromatic N) is 1. The van der Waals surface area contributed by atoms with Crippen molar-refractivity contribution >= 4 is 17.3 Å². The lowest BCUT2D eigenvalue weighted by atomic mass is 10.3. The first-order valence-electron chi connectivity index (χ1n) is 6.54. The SMILES string of the molecule is NC(=O)c1cc(NCCCNc2ccccc2)ccn1. The van der Waals surface area contributed by atoms with Gasteiger partial charge in [-0.3, -0.25) is 9.78 Å². The molecule has 0 bridgehead atoms. The molecule has 0 aliphatic carbocycles. The number of nitrogens with one attached hydrogen (secondary N) is 2. The first-order valence-corrected chi connectivity index (χ1v) is 6.54. The van der Waals surface area contributed by atoms with Gasteiger partial charge < -0.3 is 16.4 Å². The van der Waals surface area contributed by atoms with Crippen LogP contribution in [0.5, 0.6) is 0 Å². The third-order valence-electron chi connectivity index (χ3n) is 2.80. The molecule has 1 amide bonds. The van der Waals surface area contributed by atoms with Gasteiger partial charge in [-0.15, -0.1) is 0 Å². The van der Waals surface area contributed by atoms with Crippen LogP contribution in [0.15, 0.2) is 48.7 Å². The Morgan fingerprint density at radius 2 is 1.75 bits per heavy atom. The van der Waals surface area contributed by atoms with Crippen molar-refractivity contribution in [3.05, 3.63) is 54.4 Å². The Labute approximate surface area is 118 Å². The van der Waals surface area contributed by atoms with E-state index >= 15 is 0 Å². The van der Waals surface area contributed by atoms with Gasteiger partial charge in [0.2, 0.25) is 0 Å². The second-order valence-electron chi connectivity index (χ2n) is 4.37. The van der Waals surface area contributed by atoms with Crippen LogP contribution in [-0.2, 0) is 0 Å². The molecule has 1 heterocycles. The molecule has 0 fully saturated rings. The second kappa shape index (κ2) is 7.13. The molecule has 0 spiro atoms. The predicted molar refractivity (Wildman–Crippen MR) is 80.8 cm³/mol. The lowest BCUT2D eigenvalue weighted by Gasteiger charge is -2.08. The Balaban J connectivity index is 1.71. The number of primary amides is 1. The highest BCUT2D eigenvalue weighted by Crippen LogP contribution is 2.08. The molecule has 104 valence electrons. The van der Waals surface area contributed by atoms with Gasteiger partial charge in [0.05, 0.1) is 0 Å². The van der Waals surface area contributed by atoms with Gasteiger partial charge in [0.1, 0.15) is 5.69 Å². The molecular formula is C15H18N4O. The summed E-state index contributed by atoms with van der Waals surface area (Å²) in [6, 6.07) is 13.5. The number of anilines is 2. The summed E-state index contributed by atoms with van der Waals surface area (Å²) >= 11 is 0. The number of hydrogen-bond donors (Lipinski definition) is 3. The number of rotatable bonds is 7. The molecule has 0 atom stereocenters. The molecule has 5 heteroatoms. The fourth-order valence-electron chi connectivity index (χ4n) is 1.79. The minimum atomic E-state index is -0.514. The second-order valence-corrected chi connectivity index (χ2v) is 4.37. The normalized spacial score (nSPS) is 10.0. The zero-order valence-corrected chi connectivity index (χ0v) is 11.2. The van der Waals surface area contributed by atoms with Crippen LogP contribution in [0.1, 0.15) is 16.9 Å². The maximum Gasteiger partial charge on any atom is 0.267 e. The molecule has 1 aromatic heterocycles. The average molecular weight is 270 g/mol. The topological polar surface area (TPSA) is 80.0 Å². The van der Waals surface area contributed by atoms with Crippen LogP contribution in [0.4, 0.5) is 11.4 Å². The smallest absolute Gasteiger partial charge is 0.267 e. The number of nitrogens with two attached hydrogens (primary N) is 1. The molecule has 1 aromatic carbocycles. The summed E-state index contributed by atoms with van der Waals surface area (Å²) in [5, 5.41) is 6.57. The van der Waals surface area contributed by atoms with E-state index in [-0.39, 0.29) is 5.69 Å². The minimum Gasteiger partial charge on any atom is -0.385 e. The van der Waals surface area contributed by atoms with Crippen LogP contribution >= 0.6 is 0 Å². The molecule has 0 aliphatic rings. The van der Waals surface area contributed by atoms with Crippen LogP contribution in [0.25, 0.3) is 0 Å². The van der Waals surface area contributed by atoms with Crippen molar-refractivity contribution < 1.29 is 4.79 Å². The molecule has 2 aromatic rings. The van der Waals surface area contributed by atoms with Crippen LogP contribution in [-0.4, -0.2) is 24.0 Å². The molecule has 0 saturated carbocycles. The van der Waals surface area contributed by atoms with Gasteiger partial charge in [0.15, 0.2) is 0 Å². The molecule has 4 N–H and O–H groups in total. The van der Waals surface area contributed by atoms with Crippen LogP contribution in [0, 0.1) is 0 Å². The Morgan fingerprint density at radius 1 is 1.05 bits per heavy atom. The van der Waals surface area contributed by atoms with Gasteiger partial charge in [-0.1, -0.05) is 18.2 Å². The van der Waals surface area contributed by atoms with E-state index in [1.807, 2.05) is 36.4 Å². The summed E-state index contributed by atoms with van der Waals surface area (Å²) in [5.74, 6) is -0.514. The summed E-state index contributed by atoms with van der Waals surface area (Å²) in [7, 11) is 0. The van der Waals surface area contributed by atoms with Gasteiger partial charge in [-0.25, -0.2) is 0 Å². The zero-order chi connectivity index (χ0) is 14.2. The monoisotopic (exact) mass is 270 g/mol. The summed E-state index contributed by atoms with van der Waals surface area (Å²) in [6.07, 6.45) is 2.54. The number of hydrogen-bond acceptors (Lipinski definition) is 4. The summed E-state index contributed by atoms with van der Waals surface area (Å²) in [4.78, 5) is 14.9. The van der Waals surface area contributed by atoms with Crippen molar-refractivity contribution in [2.75, 3.05) is 23.7 Å². The summed E-state index contributed by atoms with van der Waals surface area (Å²) in [5.41, 5.74) is 7.43. The number of benzene rings is 1. The van der Waals surface area contributed by atoms with E-state index in [0.29, 0.717) is 0 Å². The van der Waals surface area contributed by atoms with Gasteiger partial charge >= 0.3 is 0 Å². The molecule has 20 heavy (non-hydrogen) atoms. The van der Waals surface area contributed by atoms with Crippen molar-refractivity contribution in [2.45, 2.75) is 6.42 Å². The van der Waals surface area contributed by atoms with Crippen molar-refractivity contribution in [1.82, 2.24) is 4.98 Å². The summed E-state index contributed by atoms with van der Waals surface area (Å²) < 4.78 is 0. The molecule has 0 aliphatic heterocycles. The standard InChI is InChI=1S/C15H18N4O/c16-15(20)14-11-13(7-10-19-14)18-9-4-8-17-12-5-2-1-3-6-12/h1-3,5-7,10-11,17H,4,8-9H2,(H2,16,20)(H,18,19). The van der Waals surface area contributed by atoms with E-state index < -0.39 is 5.91 Å². The van der Waals surface area contributed by atoms with E-state index in [9.17, 15) is 4.79 Å². The largest absolute Gasteiger partial charge is 0.385 e. The Bertz CT molecular complexity index is 557. The number of aromatic nitrogens is 1. The van der Waals surface area contributed by atoms with Crippen molar-refractivity contribution in [3.63, 3.8) is 0 Å². The third kappa shape index (κ3) is 4.28. The van der Waals surface area contributed by atoms with Crippen LogP contribution < -0.4 is 16.4 Å². The molecule has 0 saturated heterocycles. The average Bonchev–Trinajstić information content (AvgIpc) is 2.48. The van der Waals surface area contributed by atoms with Crippen molar-refractivity contribution in [1.29, 1.82) is 0 Å². The number of carbonyl (C=O) groups is 1. The van der Waals surface area contributed by atoms with Gasteiger partial charge in [0, 0.05) is 30.7 Å². The van der Waals surface area contributed by atoms with Gasteiger partial charge in [0.25, 0.3) is 5.91 Å². The van der Waals surface area contributed by atoms with E-state index in [1.54, 1.807) is 12.3 Å². The number of amides is 1. The van der Waals surface area contributed by atoms with Crippen LogP contribution in [0.3, 0.4) is 0 Å². The van der Waals surface area contributed by atoms with Crippen molar-refractivity contribution in [3.8, 4) is 0 Å². The highest BCUT2D eigenvalue weighted by molar-refractivity contribution is 5.91. The Kier molecular flexibility index (Phi) is 4.94. The third-order valence-corrected chi connectivity index (χ3v) is 2.80. The maximum absolute atomic E-state index is 11.0. The first-order chi connectivity index (χ1) is 9.75. The van der Waals surface area contributed by atoms with Gasteiger partial charge in [-0.05, 0) is 30.7 Å². The highest BCUT2D eigenvalue weighted by Gasteiger charge is 2.02. The lowest BCUT2D eigenvalue weighted by Crippen LogP contribution is -2.14. The van der Waals surface area contributed by atoms with Gasteiger partial charge in [-0.2, -0.15) is 0 Å². The minimum absolute atomic E-state index is 0.275. The molecular weight excluding hydrogens is 252 g/mol. The van der Waals surface area contributed by atoms with E-state index in [4.69, 9.17) is 5.73 Å².